The first kappa shape index (κ1) is 15.4. The van der Waals surface area contributed by atoms with Crippen molar-refractivity contribution in [2.45, 2.75) is 4.90 Å². The van der Waals surface area contributed by atoms with Gasteiger partial charge in [-0.05, 0) is 18.2 Å². The summed E-state index contributed by atoms with van der Waals surface area (Å²) in [6, 6.07) is 3.79. The first-order valence-corrected chi connectivity index (χ1v) is 6.89. The molecule has 0 amide bonds. The van der Waals surface area contributed by atoms with Crippen LogP contribution in [0.4, 0.5) is 5.69 Å². The molecular weight excluding hydrogens is 272 g/mol. The van der Waals surface area contributed by atoms with Gasteiger partial charge >= 0.3 is 5.97 Å². The fraction of sp³-hybridized carbons (Fsp3) is 0.364. The molecule has 0 atom stereocenters. The molecular formula is C11H16N2O5S. The van der Waals surface area contributed by atoms with Crippen molar-refractivity contribution in [1.82, 2.24) is 4.31 Å². The Morgan fingerprint density at radius 1 is 1.37 bits per heavy atom. The highest BCUT2D eigenvalue weighted by atomic mass is 32.2. The van der Waals surface area contributed by atoms with E-state index in [4.69, 9.17) is 10.2 Å². The number of aliphatic hydroxyl groups is 1. The molecule has 19 heavy (non-hydrogen) atoms. The lowest BCUT2D eigenvalue weighted by molar-refractivity contribution is 0.0697. The van der Waals surface area contributed by atoms with Crippen molar-refractivity contribution in [2.75, 3.05) is 32.6 Å². The largest absolute Gasteiger partial charge is 0.478 e. The van der Waals surface area contributed by atoms with Crippen molar-refractivity contribution in [2.24, 2.45) is 0 Å². The van der Waals surface area contributed by atoms with Gasteiger partial charge < -0.3 is 15.5 Å². The normalized spacial score (nSPS) is 11.6. The Morgan fingerprint density at radius 3 is 2.47 bits per heavy atom. The Kier molecular flexibility index (Phi) is 4.87. The van der Waals surface area contributed by atoms with Crippen LogP contribution in [0.1, 0.15) is 10.4 Å². The summed E-state index contributed by atoms with van der Waals surface area (Å²) >= 11 is 0. The lowest BCUT2D eigenvalue weighted by Gasteiger charge is -2.14. The minimum absolute atomic E-state index is 0.0931. The average molecular weight is 288 g/mol. The fourth-order valence-corrected chi connectivity index (χ4v) is 2.34. The van der Waals surface area contributed by atoms with Gasteiger partial charge in [0.15, 0.2) is 0 Å². The first-order chi connectivity index (χ1) is 8.80. The van der Waals surface area contributed by atoms with Gasteiger partial charge in [0.25, 0.3) is 0 Å². The number of aliphatic hydroxyl groups excluding tert-OH is 1. The first-order valence-electron chi connectivity index (χ1n) is 5.45. The molecule has 0 bridgehead atoms. The molecule has 0 fully saturated rings. The zero-order valence-corrected chi connectivity index (χ0v) is 11.4. The Labute approximate surface area is 111 Å². The Bertz CT molecular complexity index is 568. The molecule has 1 rings (SSSR count). The van der Waals surface area contributed by atoms with Crippen molar-refractivity contribution < 1.29 is 23.4 Å². The average Bonchev–Trinajstić information content (AvgIpc) is 2.35. The van der Waals surface area contributed by atoms with E-state index in [1.807, 2.05) is 0 Å². The van der Waals surface area contributed by atoms with Crippen LogP contribution < -0.4 is 5.32 Å². The number of carbonyl (C=O) groups is 1. The van der Waals surface area contributed by atoms with Crippen molar-refractivity contribution in [3.8, 4) is 0 Å². The summed E-state index contributed by atoms with van der Waals surface area (Å²) in [5.74, 6) is -1.24. The molecule has 0 saturated heterocycles. The smallest absolute Gasteiger partial charge is 0.337 e. The minimum atomic E-state index is -3.68. The van der Waals surface area contributed by atoms with Crippen molar-refractivity contribution in [3.05, 3.63) is 23.8 Å². The standard InChI is InChI=1S/C11H16N2O5S/c1-13(2)19(17,18)8-3-4-10(12-5-6-14)9(7-8)11(15)16/h3-4,7,12,14H,5-6H2,1-2H3,(H,15,16). The van der Waals surface area contributed by atoms with Crippen molar-refractivity contribution in [3.63, 3.8) is 0 Å². The van der Waals surface area contributed by atoms with E-state index >= 15 is 0 Å². The van der Waals surface area contributed by atoms with E-state index in [0.717, 1.165) is 10.4 Å². The summed E-state index contributed by atoms with van der Waals surface area (Å²) in [7, 11) is -0.940. The number of carboxylic acids is 1. The second kappa shape index (κ2) is 6.00. The third-order valence-corrected chi connectivity index (χ3v) is 4.24. The molecule has 0 aliphatic carbocycles. The van der Waals surface area contributed by atoms with E-state index < -0.39 is 16.0 Å². The molecule has 0 unspecified atom stereocenters. The number of nitrogens with zero attached hydrogens (tertiary/aromatic N) is 1. The van der Waals surface area contributed by atoms with Crippen LogP contribution in [0, 0.1) is 0 Å². The maximum Gasteiger partial charge on any atom is 0.337 e. The highest BCUT2D eigenvalue weighted by molar-refractivity contribution is 7.89. The SMILES string of the molecule is CN(C)S(=O)(=O)c1ccc(NCCO)c(C(=O)O)c1. The van der Waals surface area contributed by atoms with Gasteiger partial charge in [0.2, 0.25) is 10.0 Å². The number of rotatable bonds is 6. The maximum absolute atomic E-state index is 11.9. The summed E-state index contributed by atoms with van der Waals surface area (Å²) in [6.07, 6.45) is 0. The highest BCUT2D eigenvalue weighted by Gasteiger charge is 2.20. The van der Waals surface area contributed by atoms with E-state index in [2.05, 4.69) is 5.32 Å². The summed E-state index contributed by atoms with van der Waals surface area (Å²) in [4.78, 5) is 11.0. The number of nitrogens with one attached hydrogen (secondary N) is 1. The molecule has 1 aromatic rings. The lowest BCUT2D eigenvalue weighted by atomic mass is 10.2. The topological polar surface area (TPSA) is 107 Å². The van der Waals surface area contributed by atoms with Crippen LogP contribution in [0.5, 0.6) is 0 Å². The molecule has 0 radical (unpaired) electrons. The van der Waals surface area contributed by atoms with Gasteiger partial charge in [0.05, 0.1) is 17.1 Å². The highest BCUT2D eigenvalue weighted by Crippen LogP contribution is 2.22. The summed E-state index contributed by atoms with van der Waals surface area (Å²) < 4.78 is 24.8. The Hall–Kier alpha value is -1.64. The van der Waals surface area contributed by atoms with Gasteiger partial charge in [-0.15, -0.1) is 0 Å². The molecule has 0 heterocycles. The van der Waals surface area contributed by atoms with E-state index in [-0.39, 0.29) is 29.3 Å². The molecule has 0 aliphatic heterocycles. The third-order valence-electron chi connectivity index (χ3n) is 2.43. The Morgan fingerprint density at radius 2 is 2.00 bits per heavy atom. The monoisotopic (exact) mass is 288 g/mol. The number of anilines is 1. The van der Waals surface area contributed by atoms with Crippen molar-refractivity contribution in [1.29, 1.82) is 0 Å². The van der Waals surface area contributed by atoms with Gasteiger partial charge in [-0.1, -0.05) is 0 Å². The molecule has 0 spiro atoms. The second-order valence-electron chi connectivity index (χ2n) is 3.95. The van der Waals surface area contributed by atoms with Crippen LogP contribution >= 0.6 is 0 Å². The summed E-state index contributed by atoms with van der Waals surface area (Å²) in [6.45, 7) is 0.0247. The maximum atomic E-state index is 11.9. The van der Waals surface area contributed by atoms with Gasteiger partial charge in [-0.25, -0.2) is 17.5 Å². The number of hydrogen-bond acceptors (Lipinski definition) is 5. The van der Waals surface area contributed by atoms with Gasteiger partial charge in [-0.3, -0.25) is 0 Å². The quantitative estimate of drug-likeness (QED) is 0.682. The van der Waals surface area contributed by atoms with Gasteiger partial charge in [0.1, 0.15) is 0 Å². The summed E-state index contributed by atoms with van der Waals surface area (Å²) in [5.41, 5.74) is 0.107. The van der Waals surface area contributed by atoms with Crippen LogP contribution in [0.2, 0.25) is 0 Å². The predicted molar refractivity (Wildman–Crippen MR) is 69.8 cm³/mol. The number of benzene rings is 1. The zero-order chi connectivity index (χ0) is 14.6. The number of carboxylic acid groups (broad SMARTS) is 1. The van der Waals surface area contributed by atoms with E-state index in [0.29, 0.717) is 0 Å². The number of aromatic carboxylic acids is 1. The van der Waals surface area contributed by atoms with Gasteiger partial charge in [-0.2, -0.15) is 0 Å². The van der Waals surface area contributed by atoms with Crippen LogP contribution in [0.25, 0.3) is 0 Å². The fourth-order valence-electron chi connectivity index (χ4n) is 1.42. The van der Waals surface area contributed by atoms with Crippen LogP contribution in [-0.4, -0.2) is 56.2 Å². The van der Waals surface area contributed by atoms with Crippen molar-refractivity contribution >= 4 is 21.7 Å². The van der Waals surface area contributed by atoms with E-state index in [1.54, 1.807) is 0 Å². The third kappa shape index (κ3) is 3.43. The van der Waals surface area contributed by atoms with Crippen LogP contribution in [-0.2, 0) is 10.0 Å². The molecule has 106 valence electrons. The molecule has 8 heteroatoms. The second-order valence-corrected chi connectivity index (χ2v) is 6.10. The van der Waals surface area contributed by atoms with Gasteiger partial charge in [0, 0.05) is 26.3 Å². The minimum Gasteiger partial charge on any atom is -0.478 e. The predicted octanol–water partition coefficient (Wildman–Crippen LogP) is 0.0393. The molecule has 0 aromatic heterocycles. The zero-order valence-electron chi connectivity index (χ0n) is 10.6. The Balaban J connectivity index is 3.28. The lowest BCUT2D eigenvalue weighted by Crippen LogP contribution is -2.22. The molecule has 7 nitrogen and oxygen atoms in total. The molecule has 0 saturated carbocycles. The van der Waals surface area contributed by atoms with E-state index in [9.17, 15) is 13.2 Å². The number of hydrogen-bond donors (Lipinski definition) is 3. The number of sulfonamides is 1. The molecule has 3 N–H and O–H groups in total. The summed E-state index contributed by atoms with van der Waals surface area (Å²) in [5, 5.41) is 20.5. The van der Waals surface area contributed by atoms with E-state index in [1.165, 1.54) is 26.2 Å². The van der Waals surface area contributed by atoms with Crippen LogP contribution in [0.15, 0.2) is 23.1 Å². The van der Waals surface area contributed by atoms with Crippen LogP contribution in [0.3, 0.4) is 0 Å². The molecule has 0 aliphatic rings. The molecule has 1 aromatic carbocycles.